The molecule has 1 amide bonds. The van der Waals surface area contributed by atoms with Crippen molar-refractivity contribution >= 4 is 33.3 Å². The Kier molecular flexibility index (Phi) is 4.88. The second-order valence-corrected chi connectivity index (χ2v) is 6.04. The molecule has 0 saturated heterocycles. The first-order valence-corrected chi connectivity index (χ1v) is 7.75. The zero-order valence-electron chi connectivity index (χ0n) is 12.2. The number of carbonyl (C=O) groups is 2. The molecule has 2 N–H and O–H groups in total. The lowest BCUT2D eigenvalue weighted by Gasteiger charge is -2.21. The maximum atomic E-state index is 12.2. The summed E-state index contributed by atoms with van der Waals surface area (Å²) in [6.45, 7) is 3.96. The Balaban J connectivity index is 2.12. The summed E-state index contributed by atoms with van der Waals surface area (Å²) < 4.78 is 6.25. The molecule has 0 heterocycles. The number of nitrogen functional groups attached to an aromatic ring is 1. The summed E-state index contributed by atoms with van der Waals surface area (Å²) in [4.78, 5) is 25.6. The van der Waals surface area contributed by atoms with E-state index in [1.54, 1.807) is 12.1 Å². The molecule has 2 rings (SSSR count). The molecular formula is C15H19BrN2O3. The second-order valence-electron chi connectivity index (χ2n) is 5.13. The van der Waals surface area contributed by atoms with Gasteiger partial charge in [-0.25, -0.2) is 0 Å². The number of likely N-dealkylation sites (N-methyl/N-ethyl adjacent to an activating group) is 1. The van der Waals surface area contributed by atoms with Gasteiger partial charge in [0.15, 0.2) is 18.1 Å². The van der Waals surface area contributed by atoms with Gasteiger partial charge in [0.2, 0.25) is 0 Å². The van der Waals surface area contributed by atoms with E-state index >= 15 is 0 Å². The quantitative estimate of drug-likeness (QED) is 0.629. The fourth-order valence-electron chi connectivity index (χ4n) is 2.28. The van der Waals surface area contributed by atoms with Crippen LogP contribution >= 0.6 is 15.9 Å². The molecule has 0 aromatic heterocycles. The van der Waals surface area contributed by atoms with Crippen LogP contribution in [0.4, 0.5) is 5.69 Å². The van der Waals surface area contributed by atoms with Crippen LogP contribution in [-0.2, 0) is 4.79 Å². The molecule has 0 atom stereocenters. The van der Waals surface area contributed by atoms with Crippen LogP contribution < -0.4 is 10.5 Å². The van der Waals surface area contributed by atoms with Crippen LogP contribution in [0.1, 0.15) is 37.0 Å². The number of nitrogens with zero attached hydrogens (tertiary/aromatic N) is 1. The second kappa shape index (κ2) is 6.47. The van der Waals surface area contributed by atoms with Crippen molar-refractivity contribution in [2.45, 2.75) is 32.7 Å². The molecule has 6 heteroatoms. The molecule has 0 unspecified atom stereocenters. The molecule has 1 saturated carbocycles. The molecule has 1 aromatic rings. The molecule has 1 aromatic carbocycles. The van der Waals surface area contributed by atoms with E-state index in [-0.39, 0.29) is 24.0 Å². The van der Waals surface area contributed by atoms with E-state index in [9.17, 15) is 9.59 Å². The van der Waals surface area contributed by atoms with Gasteiger partial charge in [0.05, 0.1) is 11.3 Å². The number of hydrogen-bond donors (Lipinski definition) is 1. The summed E-state index contributed by atoms with van der Waals surface area (Å²) in [7, 11) is 0. The smallest absolute Gasteiger partial charge is 0.260 e. The molecular weight excluding hydrogens is 336 g/mol. The highest BCUT2D eigenvalue weighted by atomic mass is 79.9. The topological polar surface area (TPSA) is 72.6 Å². The lowest BCUT2D eigenvalue weighted by molar-refractivity contribution is -0.133. The zero-order chi connectivity index (χ0) is 15.6. The normalized spacial score (nSPS) is 13.9. The van der Waals surface area contributed by atoms with Gasteiger partial charge >= 0.3 is 0 Å². The van der Waals surface area contributed by atoms with E-state index in [1.807, 2.05) is 11.8 Å². The molecule has 0 bridgehead atoms. The molecule has 5 nitrogen and oxygen atoms in total. The Morgan fingerprint density at radius 1 is 1.43 bits per heavy atom. The Labute approximate surface area is 132 Å². The highest BCUT2D eigenvalue weighted by molar-refractivity contribution is 9.10. The van der Waals surface area contributed by atoms with Crippen molar-refractivity contribution in [3.8, 4) is 5.75 Å². The number of nitrogens with two attached hydrogens (primary N) is 1. The molecule has 0 radical (unpaired) electrons. The van der Waals surface area contributed by atoms with E-state index in [2.05, 4.69) is 15.9 Å². The number of amides is 1. The minimum absolute atomic E-state index is 0.0724. The average molecular weight is 355 g/mol. The van der Waals surface area contributed by atoms with Crippen LogP contribution in [0.2, 0.25) is 0 Å². The van der Waals surface area contributed by atoms with Gasteiger partial charge in [-0.2, -0.15) is 0 Å². The number of rotatable bonds is 6. The van der Waals surface area contributed by atoms with Crippen LogP contribution in [0.5, 0.6) is 5.75 Å². The SMILES string of the molecule is CCN(C(=O)COc1c(N)cc(Br)cc1C(C)=O)C1CC1. The number of anilines is 1. The summed E-state index contributed by atoms with van der Waals surface area (Å²) in [5, 5.41) is 0. The molecule has 1 aliphatic rings. The summed E-state index contributed by atoms with van der Waals surface area (Å²) in [6, 6.07) is 3.66. The maximum Gasteiger partial charge on any atom is 0.260 e. The Morgan fingerprint density at radius 3 is 2.62 bits per heavy atom. The van der Waals surface area contributed by atoms with Crippen LogP contribution in [-0.4, -0.2) is 35.8 Å². The van der Waals surface area contributed by atoms with Crippen LogP contribution in [0.3, 0.4) is 0 Å². The molecule has 0 spiro atoms. The van der Waals surface area contributed by atoms with Gasteiger partial charge in [-0.05, 0) is 38.8 Å². The molecule has 1 aliphatic carbocycles. The van der Waals surface area contributed by atoms with E-state index in [0.29, 0.717) is 28.3 Å². The van der Waals surface area contributed by atoms with Crippen molar-refractivity contribution in [3.63, 3.8) is 0 Å². The van der Waals surface area contributed by atoms with Crippen molar-refractivity contribution in [1.29, 1.82) is 0 Å². The van der Waals surface area contributed by atoms with Gasteiger partial charge in [0.1, 0.15) is 0 Å². The average Bonchev–Trinajstić information content (AvgIpc) is 3.22. The van der Waals surface area contributed by atoms with E-state index < -0.39 is 0 Å². The largest absolute Gasteiger partial charge is 0.481 e. The van der Waals surface area contributed by atoms with Crippen molar-refractivity contribution in [1.82, 2.24) is 4.90 Å². The van der Waals surface area contributed by atoms with Gasteiger partial charge in [0.25, 0.3) is 5.91 Å². The Hall–Kier alpha value is -1.56. The lowest BCUT2D eigenvalue weighted by Crippen LogP contribution is -2.36. The van der Waals surface area contributed by atoms with Crippen molar-refractivity contribution in [2.24, 2.45) is 0 Å². The first-order chi connectivity index (χ1) is 9.93. The number of Topliss-reactive ketones (excluding diaryl/α,β-unsaturated/α-hetero) is 1. The number of carbonyl (C=O) groups excluding carboxylic acids is 2. The number of ether oxygens (including phenoxy) is 1. The number of benzene rings is 1. The predicted octanol–water partition coefficient (Wildman–Crippen LogP) is 2.62. The molecule has 0 aliphatic heterocycles. The molecule has 114 valence electrons. The van der Waals surface area contributed by atoms with Gasteiger partial charge in [-0.3, -0.25) is 9.59 Å². The fraction of sp³-hybridized carbons (Fsp3) is 0.467. The van der Waals surface area contributed by atoms with Crippen molar-refractivity contribution in [2.75, 3.05) is 18.9 Å². The first kappa shape index (κ1) is 15.8. The first-order valence-electron chi connectivity index (χ1n) is 6.96. The summed E-state index contributed by atoms with van der Waals surface area (Å²) in [5.74, 6) is 0.0581. The van der Waals surface area contributed by atoms with E-state index in [0.717, 1.165) is 12.8 Å². The third-order valence-corrected chi connectivity index (χ3v) is 3.91. The van der Waals surface area contributed by atoms with Gasteiger partial charge in [0, 0.05) is 17.1 Å². The number of ketones is 1. The summed E-state index contributed by atoms with van der Waals surface area (Å²) >= 11 is 3.29. The van der Waals surface area contributed by atoms with Crippen molar-refractivity contribution < 1.29 is 14.3 Å². The van der Waals surface area contributed by atoms with Crippen LogP contribution in [0.25, 0.3) is 0 Å². The minimum atomic E-state index is -0.153. The predicted molar refractivity (Wildman–Crippen MR) is 84.5 cm³/mol. The third-order valence-electron chi connectivity index (χ3n) is 3.45. The standard InChI is InChI=1S/C15H19BrN2O3/c1-3-18(11-4-5-11)14(20)8-21-15-12(9(2)19)6-10(16)7-13(15)17/h6-7,11H,3-5,8,17H2,1-2H3. The monoisotopic (exact) mass is 354 g/mol. The Bertz CT molecular complexity index is 570. The van der Waals surface area contributed by atoms with Gasteiger partial charge in [-0.1, -0.05) is 15.9 Å². The minimum Gasteiger partial charge on any atom is -0.481 e. The summed E-state index contributed by atoms with van der Waals surface area (Å²) in [5.41, 5.74) is 6.62. The fourth-order valence-corrected chi connectivity index (χ4v) is 2.75. The number of hydrogen-bond acceptors (Lipinski definition) is 4. The third kappa shape index (κ3) is 3.75. The molecule has 1 fully saturated rings. The van der Waals surface area contributed by atoms with Gasteiger partial charge < -0.3 is 15.4 Å². The Morgan fingerprint density at radius 2 is 2.10 bits per heavy atom. The summed E-state index contributed by atoms with van der Waals surface area (Å²) in [6.07, 6.45) is 2.11. The van der Waals surface area contributed by atoms with E-state index in [4.69, 9.17) is 10.5 Å². The maximum absolute atomic E-state index is 12.2. The highest BCUT2D eigenvalue weighted by Gasteiger charge is 2.31. The number of halogens is 1. The van der Waals surface area contributed by atoms with Crippen LogP contribution in [0.15, 0.2) is 16.6 Å². The zero-order valence-corrected chi connectivity index (χ0v) is 13.8. The van der Waals surface area contributed by atoms with E-state index in [1.165, 1.54) is 6.92 Å². The molecule has 21 heavy (non-hydrogen) atoms. The lowest BCUT2D eigenvalue weighted by atomic mass is 10.1. The van der Waals surface area contributed by atoms with Crippen molar-refractivity contribution in [3.05, 3.63) is 22.2 Å². The van der Waals surface area contributed by atoms with Gasteiger partial charge in [-0.15, -0.1) is 0 Å². The highest BCUT2D eigenvalue weighted by Crippen LogP contribution is 2.32. The van der Waals surface area contributed by atoms with Crippen LogP contribution in [0, 0.1) is 0 Å².